The molecule has 78 valence electrons. The Balaban J connectivity index is 0. The van der Waals surface area contributed by atoms with Crippen LogP contribution in [0.15, 0.2) is 0 Å². The van der Waals surface area contributed by atoms with E-state index in [0.29, 0.717) is 0 Å². The minimum atomic E-state index is -0.829. The molecule has 0 aromatic rings. The van der Waals surface area contributed by atoms with Gasteiger partial charge >= 0.3 is 11.9 Å². The molecule has 0 radical (unpaired) electrons. The van der Waals surface area contributed by atoms with Gasteiger partial charge < -0.3 is 9.84 Å². The van der Waals surface area contributed by atoms with Gasteiger partial charge in [0.25, 0.3) is 0 Å². The van der Waals surface area contributed by atoms with Crippen molar-refractivity contribution in [1.29, 1.82) is 0 Å². The summed E-state index contributed by atoms with van der Waals surface area (Å²) in [7, 11) is 0. The second-order valence-electron chi connectivity index (χ2n) is 3.23. The number of carbonyl (C=O) groups is 2. The Labute approximate surface area is 86.4 Å². The number of alkyl halides is 1. The van der Waals surface area contributed by atoms with E-state index >= 15 is 0 Å². The SMILES string of the molecule is CC(=O)OC(C)(C)C.O=C(O)CBr. The first-order chi connectivity index (χ1) is 5.69. The molecule has 13 heavy (non-hydrogen) atoms. The van der Waals surface area contributed by atoms with Crippen molar-refractivity contribution in [3.63, 3.8) is 0 Å². The Morgan fingerprint density at radius 3 is 1.69 bits per heavy atom. The molecule has 0 aromatic heterocycles. The van der Waals surface area contributed by atoms with E-state index in [4.69, 9.17) is 9.84 Å². The second kappa shape index (κ2) is 6.88. The first kappa shape index (κ1) is 14.9. The largest absolute Gasteiger partial charge is 0.481 e. The number of carbonyl (C=O) groups excluding carboxylic acids is 1. The zero-order valence-electron chi connectivity index (χ0n) is 8.26. The fourth-order valence-corrected chi connectivity index (χ4v) is 0.431. The molecular formula is C8H15BrO4. The number of esters is 1. The van der Waals surface area contributed by atoms with Gasteiger partial charge in [0.1, 0.15) is 10.9 Å². The van der Waals surface area contributed by atoms with Crippen LogP contribution in [0.3, 0.4) is 0 Å². The lowest BCUT2D eigenvalue weighted by molar-refractivity contribution is -0.151. The molecule has 0 aliphatic heterocycles. The van der Waals surface area contributed by atoms with Gasteiger partial charge in [0, 0.05) is 6.92 Å². The third-order valence-electron chi connectivity index (χ3n) is 0.564. The van der Waals surface area contributed by atoms with Gasteiger partial charge in [-0.25, -0.2) is 0 Å². The smallest absolute Gasteiger partial charge is 0.314 e. The molecular weight excluding hydrogens is 240 g/mol. The van der Waals surface area contributed by atoms with Crippen LogP contribution >= 0.6 is 15.9 Å². The van der Waals surface area contributed by atoms with E-state index < -0.39 is 5.97 Å². The number of ether oxygens (including phenoxy) is 1. The zero-order valence-corrected chi connectivity index (χ0v) is 9.84. The van der Waals surface area contributed by atoms with Crippen molar-refractivity contribution < 1.29 is 19.4 Å². The lowest BCUT2D eigenvalue weighted by Crippen LogP contribution is -2.21. The Hall–Kier alpha value is -0.580. The number of carboxylic acid groups (broad SMARTS) is 1. The minimum absolute atomic E-state index is 0.0347. The Bertz CT molecular complexity index is 171. The maximum absolute atomic E-state index is 10.2. The molecule has 0 heterocycles. The quantitative estimate of drug-likeness (QED) is 0.573. The first-order valence-electron chi connectivity index (χ1n) is 3.66. The average molecular weight is 255 g/mol. The Kier molecular flexibility index (Phi) is 7.90. The number of rotatable bonds is 1. The summed E-state index contributed by atoms with van der Waals surface area (Å²) in [4.78, 5) is 19.6. The van der Waals surface area contributed by atoms with Crippen LogP contribution in [0.25, 0.3) is 0 Å². The zero-order chi connectivity index (χ0) is 11.1. The van der Waals surface area contributed by atoms with E-state index in [-0.39, 0.29) is 16.9 Å². The second-order valence-corrected chi connectivity index (χ2v) is 3.79. The highest BCUT2D eigenvalue weighted by Gasteiger charge is 2.11. The number of hydrogen-bond donors (Lipinski definition) is 1. The maximum Gasteiger partial charge on any atom is 0.314 e. The van der Waals surface area contributed by atoms with Crippen LogP contribution < -0.4 is 0 Å². The standard InChI is InChI=1S/C6H12O2.C2H3BrO2/c1-5(7)8-6(2,3)4;3-1-2(4)5/h1-4H3;1H2,(H,4,5). The maximum atomic E-state index is 10.2. The van der Waals surface area contributed by atoms with Crippen molar-refractivity contribution in [2.24, 2.45) is 0 Å². The van der Waals surface area contributed by atoms with E-state index in [9.17, 15) is 9.59 Å². The summed E-state index contributed by atoms with van der Waals surface area (Å²) in [6.07, 6.45) is 0. The molecule has 0 aromatic carbocycles. The molecule has 0 aliphatic rings. The lowest BCUT2D eigenvalue weighted by Gasteiger charge is -2.17. The predicted molar refractivity (Wildman–Crippen MR) is 52.9 cm³/mol. The third kappa shape index (κ3) is 24.6. The lowest BCUT2D eigenvalue weighted by atomic mass is 10.2. The molecule has 0 spiro atoms. The fraction of sp³-hybridized carbons (Fsp3) is 0.750. The van der Waals surface area contributed by atoms with Crippen molar-refractivity contribution in [2.45, 2.75) is 33.3 Å². The van der Waals surface area contributed by atoms with Crippen LogP contribution in [0, 0.1) is 0 Å². The summed E-state index contributed by atoms with van der Waals surface area (Å²) in [6, 6.07) is 0. The summed E-state index contributed by atoms with van der Waals surface area (Å²) >= 11 is 2.71. The molecule has 5 heteroatoms. The monoisotopic (exact) mass is 254 g/mol. The van der Waals surface area contributed by atoms with Gasteiger partial charge in [-0.2, -0.15) is 0 Å². The van der Waals surface area contributed by atoms with Crippen molar-refractivity contribution in [3.8, 4) is 0 Å². The van der Waals surface area contributed by atoms with Crippen molar-refractivity contribution in [3.05, 3.63) is 0 Å². The van der Waals surface area contributed by atoms with Gasteiger partial charge in [0.15, 0.2) is 0 Å². The molecule has 0 amide bonds. The topological polar surface area (TPSA) is 63.6 Å². The van der Waals surface area contributed by atoms with E-state index in [1.165, 1.54) is 6.92 Å². The van der Waals surface area contributed by atoms with Crippen molar-refractivity contribution >= 4 is 27.9 Å². The van der Waals surface area contributed by atoms with E-state index in [2.05, 4.69) is 15.9 Å². The number of aliphatic carboxylic acids is 1. The van der Waals surface area contributed by atoms with Gasteiger partial charge in [-0.05, 0) is 20.8 Å². The van der Waals surface area contributed by atoms with E-state index in [1.54, 1.807) is 0 Å². The van der Waals surface area contributed by atoms with Gasteiger partial charge in [0.05, 0.1) is 0 Å². The average Bonchev–Trinajstić information content (AvgIpc) is 1.83. The van der Waals surface area contributed by atoms with Gasteiger partial charge in [-0.1, -0.05) is 15.9 Å². The van der Waals surface area contributed by atoms with Gasteiger partial charge in [-0.15, -0.1) is 0 Å². The molecule has 0 fully saturated rings. The number of carboxylic acids is 1. The van der Waals surface area contributed by atoms with Crippen LogP contribution in [-0.2, 0) is 14.3 Å². The van der Waals surface area contributed by atoms with Crippen LogP contribution in [0.4, 0.5) is 0 Å². The highest BCUT2D eigenvalue weighted by molar-refractivity contribution is 9.09. The summed E-state index contributed by atoms with van der Waals surface area (Å²) < 4.78 is 4.80. The minimum Gasteiger partial charge on any atom is -0.481 e. The fourth-order valence-electron chi connectivity index (χ4n) is 0.431. The summed E-state index contributed by atoms with van der Waals surface area (Å²) in [5.41, 5.74) is -0.328. The Morgan fingerprint density at radius 2 is 1.69 bits per heavy atom. The van der Waals surface area contributed by atoms with Crippen LogP contribution in [0.2, 0.25) is 0 Å². The molecule has 4 nitrogen and oxygen atoms in total. The molecule has 1 N–H and O–H groups in total. The van der Waals surface area contributed by atoms with E-state index in [1.807, 2.05) is 20.8 Å². The predicted octanol–water partition coefficient (Wildman–Crippen LogP) is 1.81. The van der Waals surface area contributed by atoms with Crippen LogP contribution in [0.5, 0.6) is 0 Å². The van der Waals surface area contributed by atoms with Crippen molar-refractivity contribution in [2.75, 3.05) is 5.33 Å². The normalized spacial score (nSPS) is 9.62. The summed E-state index contributed by atoms with van der Waals surface area (Å²) in [5.74, 6) is -1.05. The third-order valence-corrected chi connectivity index (χ3v) is 1.04. The summed E-state index contributed by atoms with van der Waals surface area (Å²) in [5, 5.41) is 7.71. The first-order valence-corrected chi connectivity index (χ1v) is 4.78. The molecule has 0 atom stereocenters. The Morgan fingerprint density at radius 1 is 1.38 bits per heavy atom. The van der Waals surface area contributed by atoms with E-state index in [0.717, 1.165) is 0 Å². The van der Waals surface area contributed by atoms with Gasteiger partial charge in [-0.3, -0.25) is 9.59 Å². The highest BCUT2D eigenvalue weighted by atomic mass is 79.9. The highest BCUT2D eigenvalue weighted by Crippen LogP contribution is 2.05. The molecule has 0 aliphatic carbocycles. The molecule has 0 saturated carbocycles. The van der Waals surface area contributed by atoms with Crippen LogP contribution in [0.1, 0.15) is 27.7 Å². The van der Waals surface area contributed by atoms with Crippen molar-refractivity contribution in [1.82, 2.24) is 0 Å². The molecule has 0 unspecified atom stereocenters. The number of halogens is 1. The van der Waals surface area contributed by atoms with Gasteiger partial charge in [0.2, 0.25) is 0 Å². The number of hydrogen-bond acceptors (Lipinski definition) is 3. The molecule has 0 rings (SSSR count). The van der Waals surface area contributed by atoms with Crippen LogP contribution in [-0.4, -0.2) is 28.0 Å². The summed E-state index contributed by atoms with van der Waals surface area (Å²) in [6.45, 7) is 6.93. The molecule has 0 saturated heterocycles. The molecule has 0 bridgehead atoms.